The van der Waals surface area contributed by atoms with E-state index in [0.717, 1.165) is 4.47 Å². The van der Waals surface area contributed by atoms with Crippen molar-refractivity contribution in [3.05, 3.63) is 87.9 Å². The molecule has 0 aliphatic carbocycles. The topological polar surface area (TPSA) is 176 Å². The number of hydrogen-bond donors (Lipinski definition) is 6. The number of hydrazine groups is 1. The van der Waals surface area contributed by atoms with Gasteiger partial charge >= 0.3 is 12.1 Å². The Morgan fingerprint density at radius 3 is 2.02 bits per heavy atom. The molecule has 0 aromatic heterocycles. The smallest absolute Gasteiger partial charge is 0.490 e. The minimum Gasteiger partial charge on any atom is -0.490 e. The van der Waals surface area contributed by atoms with E-state index in [1.807, 2.05) is 20.8 Å². The average Bonchev–Trinajstić information content (AvgIpc) is 2.95. The van der Waals surface area contributed by atoms with E-state index in [0.29, 0.717) is 40.5 Å². The van der Waals surface area contributed by atoms with Crippen LogP contribution in [0.4, 0.5) is 18.9 Å². The minimum absolute atomic E-state index is 0.0569. The van der Waals surface area contributed by atoms with Crippen LogP contribution in [0.1, 0.15) is 48.3 Å². The Kier molecular flexibility index (Phi) is 13.0. The summed E-state index contributed by atoms with van der Waals surface area (Å²) in [5.74, 6) is -2.71. The van der Waals surface area contributed by atoms with Gasteiger partial charge in [-0.25, -0.2) is 4.79 Å². The lowest BCUT2D eigenvalue weighted by atomic mass is 10.0. The number of nitrogens with one attached hydrogen (secondary N) is 4. The zero-order valence-electron chi connectivity index (χ0n) is 23.8. The third-order valence-corrected chi connectivity index (χ3v) is 5.91. The molecule has 0 saturated heterocycles. The van der Waals surface area contributed by atoms with Gasteiger partial charge in [0.1, 0.15) is 11.9 Å². The normalized spacial score (nSPS) is 11.4. The largest absolute Gasteiger partial charge is 0.490 e. The highest BCUT2D eigenvalue weighted by Crippen LogP contribution is 2.33. The highest BCUT2D eigenvalue weighted by atomic mass is 79.9. The number of amidine groups is 1. The first-order chi connectivity index (χ1) is 20.6. The molecule has 0 radical (unpaired) electrons. The summed E-state index contributed by atoms with van der Waals surface area (Å²) in [7, 11) is 0. The highest BCUT2D eigenvalue weighted by molar-refractivity contribution is 9.10. The standard InChI is InChI=1S/C27H30BrN5O4.C2HF3O2/c1-4-36-23-15-19(9-14-22(23)37-16(2)3)24(31-21-12-7-17(8-13-21)25(29)30)27(35)33-32-26(34)18-5-10-20(28)11-6-18;3-2(4,5)1(6)7/h5-16,24,31H,4H2,1-3H3,(H3,29,30)(H,32,34)(H,33,35);(H,6,7). The monoisotopic (exact) mass is 681 g/mol. The summed E-state index contributed by atoms with van der Waals surface area (Å²) in [5, 5.41) is 17.9. The molecule has 3 rings (SSSR count). The second kappa shape index (κ2) is 16.2. The average molecular weight is 682 g/mol. The fraction of sp³-hybridized carbons (Fsp3) is 0.241. The van der Waals surface area contributed by atoms with Crippen LogP contribution in [0.3, 0.4) is 0 Å². The number of hydrogen-bond acceptors (Lipinski definition) is 7. The molecule has 0 spiro atoms. The molecule has 3 aromatic carbocycles. The molecule has 44 heavy (non-hydrogen) atoms. The van der Waals surface area contributed by atoms with Gasteiger partial charge in [0, 0.05) is 21.3 Å². The van der Waals surface area contributed by atoms with Gasteiger partial charge < -0.3 is 25.6 Å². The van der Waals surface area contributed by atoms with Crippen LogP contribution in [0.25, 0.3) is 0 Å². The van der Waals surface area contributed by atoms with Gasteiger partial charge in [-0.3, -0.25) is 25.8 Å². The summed E-state index contributed by atoms with van der Waals surface area (Å²) >= 11 is 3.33. The summed E-state index contributed by atoms with van der Waals surface area (Å²) in [4.78, 5) is 34.8. The number of carboxylic acids is 1. The summed E-state index contributed by atoms with van der Waals surface area (Å²) in [6, 6.07) is 17.9. The first-order valence-corrected chi connectivity index (χ1v) is 13.7. The van der Waals surface area contributed by atoms with Crippen molar-refractivity contribution < 1.29 is 42.1 Å². The van der Waals surface area contributed by atoms with Gasteiger partial charge in [-0.05, 0) is 87.0 Å². The number of nitrogen functional groups attached to an aromatic ring is 1. The van der Waals surface area contributed by atoms with E-state index in [1.54, 1.807) is 66.7 Å². The second-order valence-electron chi connectivity index (χ2n) is 9.13. The second-order valence-corrected chi connectivity index (χ2v) is 10.0. The molecule has 0 bridgehead atoms. The van der Waals surface area contributed by atoms with Crippen molar-refractivity contribution in [1.29, 1.82) is 5.41 Å². The Hall–Kier alpha value is -4.79. The number of carbonyl (C=O) groups is 3. The van der Waals surface area contributed by atoms with Crippen molar-refractivity contribution in [3.8, 4) is 11.5 Å². The van der Waals surface area contributed by atoms with Gasteiger partial charge in [0.05, 0.1) is 12.7 Å². The van der Waals surface area contributed by atoms with Gasteiger partial charge in [0.25, 0.3) is 11.8 Å². The first-order valence-electron chi connectivity index (χ1n) is 12.9. The third kappa shape index (κ3) is 11.1. The minimum atomic E-state index is -5.08. The van der Waals surface area contributed by atoms with E-state index in [-0.39, 0.29) is 11.9 Å². The molecule has 1 unspecified atom stereocenters. The van der Waals surface area contributed by atoms with Crippen LogP contribution in [0.15, 0.2) is 71.2 Å². The molecule has 2 amide bonds. The molecular formula is C29H31BrF3N5O6. The Balaban J connectivity index is 0.000000860. The molecule has 236 valence electrons. The lowest BCUT2D eigenvalue weighted by Gasteiger charge is -2.22. The van der Waals surface area contributed by atoms with Crippen LogP contribution < -0.4 is 31.4 Å². The van der Waals surface area contributed by atoms with Crippen LogP contribution >= 0.6 is 15.9 Å². The van der Waals surface area contributed by atoms with Gasteiger partial charge in [-0.15, -0.1) is 0 Å². The van der Waals surface area contributed by atoms with Crippen molar-refractivity contribution in [3.63, 3.8) is 0 Å². The van der Waals surface area contributed by atoms with Crippen LogP contribution in [-0.4, -0.2) is 47.6 Å². The van der Waals surface area contributed by atoms with Crippen LogP contribution in [-0.2, 0) is 9.59 Å². The number of halogens is 4. The Labute approximate surface area is 259 Å². The molecule has 0 fully saturated rings. The third-order valence-electron chi connectivity index (χ3n) is 5.38. The van der Waals surface area contributed by atoms with Crippen LogP contribution in [0, 0.1) is 5.41 Å². The lowest BCUT2D eigenvalue weighted by Crippen LogP contribution is -2.45. The first kappa shape index (κ1) is 35.4. The van der Waals surface area contributed by atoms with E-state index in [4.69, 9.17) is 30.5 Å². The quantitative estimate of drug-likeness (QED) is 0.0965. The molecule has 0 aliphatic heterocycles. The van der Waals surface area contributed by atoms with Crippen molar-refractivity contribution in [1.82, 2.24) is 10.9 Å². The maximum absolute atomic E-state index is 13.3. The fourth-order valence-corrected chi connectivity index (χ4v) is 3.67. The molecule has 15 heteroatoms. The van der Waals surface area contributed by atoms with Crippen molar-refractivity contribution in [2.75, 3.05) is 11.9 Å². The Morgan fingerprint density at radius 2 is 1.52 bits per heavy atom. The van der Waals surface area contributed by atoms with Crippen LogP contribution in [0.5, 0.6) is 11.5 Å². The molecule has 0 heterocycles. The van der Waals surface area contributed by atoms with Gasteiger partial charge in [-0.1, -0.05) is 22.0 Å². The number of amides is 2. The summed E-state index contributed by atoms with van der Waals surface area (Å²) < 4.78 is 44.2. The van der Waals surface area contributed by atoms with Gasteiger partial charge in [0.15, 0.2) is 11.5 Å². The fourth-order valence-electron chi connectivity index (χ4n) is 3.40. The number of ether oxygens (including phenoxy) is 2. The van der Waals surface area contributed by atoms with Crippen molar-refractivity contribution >= 4 is 45.2 Å². The van der Waals surface area contributed by atoms with E-state index in [1.165, 1.54) is 0 Å². The number of nitrogens with two attached hydrogens (primary N) is 1. The molecule has 0 saturated carbocycles. The van der Waals surface area contributed by atoms with E-state index >= 15 is 0 Å². The van der Waals surface area contributed by atoms with Crippen LogP contribution in [0.2, 0.25) is 0 Å². The molecule has 1 atom stereocenters. The number of rotatable bonds is 10. The number of benzene rings is 3. The summed E-state index contributed by atoms with van der Waals surface area (Å²) in [6.45, 7) is 6.11. The molecule has 3 aromatic rings. The van der Waals surface area contributed by atoms with Crippen molar-refractivity contribution in [2.45, 2.75) is 39.1 Å². The van der Waals surface area contributed by atoms with Gasteiger partial charge in [0.2, 0.25) is 0 Å². The van der Waals surface area contributed by atoms with E-state index in [2.05, 4.69) is 32.1 Å². The zero-order valence-corrected chi connectivity index (χ0v) is 25.4. The number of aliphatic carboxylic acids is 1. The number of alkyl halides is 3. The maximum Gasteiger partial charge on any atom is 0.490 e. The van der Waals surface area contributed by atoms with Crippen molar-refractivity contribution in [2.24, 2.45) is 5.73 Å². The lowest BCUT2D eigenvalue weighted by molar-refractivity contribution is -0.192. The molecule has 11 nitrogen and oxygen atoms in total. The predicted molar refractivity (Wildman–Crippen MR) is 161 cm³/mol. The molecule has 7 N–H and O–H groups in total. The van der Waals surface area contributed by atoms with E-state index in [9.17, 15) is 22.8 Å². The number of carboxylic acid groups (broad SMARTS) is 1. The highest BCUT2D eigenvalue weighted by Gasteiger charge is 2.38. The van der Waals surface area contributed by atoms with E-state index < -0.39 is 30.0 Å². The molecular weight excluding hydrogens is 651 g/mol. The predicted octanol–water partition coefficient (Wildman–Crippen LogP) is 5.17. The summed E-state index contributed by atoms with van der Waals surface area (Å²) in [5.41, 5.74) is 12.7. The Morgan fingerprint density at radius 1 is 0.955 bits per heavy atom. The molecule has 0 aliphatic rings. The maximum atomic E-state index is 13.3. The Bertz CT molecular complexity index is 1450. The van der Waals surface area contributed by atoms with Gasteiger partial charge in [-0.2, -0.15) is 13.2 Å². The number of carbonyl (C=O) groups excluding carboxylic acids is 2. The SMILES string of the molecule is CCOc1cc(C(Nc2ccc(C(=N)N)cc2)C(=O)NNC(=O)c2ccc(Br)cc2)ccc1OC(C)C.O=C(O)C(F)(F)F. The zero-order chi connectivity index (χ0) is 33.0. The number of anilines is 1. The summed E-state index contributed by atoms with van der Waals surface area (Å²) in [6.07, 6.45) is -5.14.